The molecule has 0 saturated carbocycles. The van der Waals surface area contributed by atoms with E-state index in [0.29, 0.717) is 25.7 Å². The average Bonchev–Trinajstić information content (AvgIpc) is 2.44. The van der Waals surface area contributed by atoms with Crippen molar-refractivity contribution >= 4 is 11.9 Å². The number of rotatable bonds is 2. The van der Waals surface area contributed by atoms with Crippen molar-refractivity contribution in [3.05, 3.63) is 24.3 Å². The first kappa shape index (κ1) is 12.9. The lowest BCUT2D eigenvalue weighted by Crippen LogP contribution is -2.55. The van der Waals surface area contributed by atoms with Crippen molar-refractivity contribution in [3.63, 3.8) is 0 Å². The second kappa shape index (κ2) is 4.59. The van der Waals surface area contributed by atoms with Gasteiger partial charge in [0.25, 0.3) is 0 Å². The van der Waals surface area contributed by atoms with Crippen LogP contribution in [0, 0.1) is 10.8 Å². The van der Waals surface area contributed by atoms with Crippen molar-refractivity contribution in [2.24, 2.45) is 10.8 Å². The summed E-state index contributed by atoms with van der Waals surface area (Å²) < 4.78 is 9.91. The molecule has 18 heavy (non-hydrogen) atoms. The third-order valence-corrected chi connectivity index (χ3v) is 4.27. The summed E-state index contributed by atoms with van der Waals surface area (Å²) in [7, 11) is 2.74. The van der Waals surface area contributed by atoms with Gasteiger partial charge in [-0.15, -0.1) is 0 Å². The Balaban J connectivity index is 2.55. The fraction of sp³-hybridized carbons (Fsp3) is 0.571. The van der Waals surface area contributed by atoms with Crippen molar-refractivity contribution in [2.75, 3.05) is 14.2 Å². The molecule has 0 heterocycles. The van der Waals surface area contributed by atoms with Crippen LogP contribution in [0.2, 0.25) is 0 Å². The molecule has 0 fully saturated rings. The zero-order chi connectivity index (χ0) is 13.2. The molecule has 0 unspecified atom stereocenters. The van der Waals surface area contributed by atoms with Gasteiger partial charge in [-0.05, 0) is 25.7 Å². The Hall–Kier alpha value is -1.58. The quantitative estimate of drug-likeness (QED) is 0.555. The topological polar surface area (TPSA) is 52.6 Å². The van der Waals surface area contributed by atoms with Gasteiger partial charge in [0.1, 0.15) is 0 Å². The third kappa shape index (κ3) is 1.51. The van der Waals surface area contributed by atoms with Crippen LogP contribution < -0.4 is 0 Å². The minimum absolute atomic E-state index is 0.318. The minimum Gasteiger partial charge on any atom is -0.469 e. The Bertz CT molecular complexity index is 364. The van der Waals surface area contributed by atoms with E-state index in [9.17, 15) is 9.59 Å². The molecule has 0 spiro atoms. The molecule has 98 valence electrons. The van der Waals surface area contributed by atoms with E-state index in [1.807, 2.05) is 24.3 Å². The molecule has 0 radical (unpaired) electrons. The van der Waals surface area contributed by atoms with Crippen molar-refractivity contribution in [1.82, 2.24) is 0 Å². The molecule has 2 aliphatic carbocycles. The summed E-state index contributed by atoms with van der Waals surface area (Å²) >= 11 is 0. The lowest BCUT2D eigenvalue weighted by Gasteiger charge is -2.48. The maximum Gasteiger partial charge on any atom is 0.313 e. The van der Waals surface area contributed by atoms with E-state index in [2.05, 4.69) is 0 Å². The standard InChI is InChI=1S/C14H18O4/c1-17-11(15)13-7-3-5-9-14(13,12(16)18-2)10-6-4-8-13/h3-6H,7-10H2,1-2H3. The molecule has 0 N–H and O–H groups in total. The molecule has 2 rings (SSSR count). The number of hydrogen-bond donors (Lipinski definition) is 0. The Kier molecular flexibility index (Phi) is 3.28. The summed E-state index contributed by atoms with van der Waals surface area (Å²) in [5.41, 5.74) is -1.61. The Morgan fingerprint density at radius 1 is 0.778 bits per heavy atom. The van der Waals surface area contributed by atoms with Crippen molar-refractivity contribution < 1.29 is 19.1 Å². The minimum atomic E-state index is -0.807. The summed E-state index contributed by atoms with van der Waals surface area (Å²) in [4.78, 5) is 24.5. The fourth-order valence-electron chi connectivity index (χ4n) is 3.20. The Morgan fingerprint density at radius 2 is 1.06 bits per heavy atom. The number of ether oxygens (including phenoxy) is 2. The van der Waals surface area contributed by atoms with Crippen molar-refractivity contribution in [3.8, 4) is 0 Å². The number of hydrogen-bond acceptors (Lipinski definition) is 4. The van der Waals surface area contributed by atoms with E-state index in [0.717, 1.165) is 0 Å². The highest BCUT2D eigenvalue weighted by molar-refractivity contribution is 5.90. The number of esters is 2. The van der Waals surface area contributed by atoms with Gasteiger partial charge in [-0.3, -0.25) is 9.59 Å². The van der Waals surface area contributed by atoms with Crippen LogP contribution in [0.25, 0.3) is 0 Å². The lowest BCUT2D eigenvalue weighted by molar-refractivity contribution is -0.179. The van der Waals surface area contributed by atoms with Crippen LogP contribution >= 0.6 is 0 Å². The highest BCUT2D eigenvalue weighted by Crippen LogP contribution is 2.56. The molecule has 0 aromatic rings. The van der Waals surface area contributed by atoms with Gasteiger partial charge in [0, 0.05) is 0 Å². The lowest BCUT2D eigenvalue weighted by atomic mass is 9.53. The Labute approximate surface area is 107 Å². The zero-order valence-electron chi connectivity index (χ0n) is 10.8. The molecule has 0 aromatic heterocycles. The SMILES string of the molecule is COC(=O)C12CC=CCC1(C(=O)OC)CC=CC2. The maximum absolute atomic E-state index is 12.3. The molecular formula is C14H18O4. The van der Waals surface area contributed by atoms with Crippen LogP contribution in [-0.4, -0.2) is 26.2 Å². The molecule has 0 atom stereocenters. The molecule has 0 aliphatic heterocycles. The van der Waals surface area contributed by atoms with E-state index in [-0.39, 0.29) is 11.9 Å². The number of methoxy groups -OCH3 is 2. The monoisotopic (exact) mass is 250 g/mol. The summed E-state index contributed by atoms with van der Waals surface area (Å²) in [5.74, 6) is -0.636. The predicted octanol–water partition coefficient (Wildman–Crippen LogP) is 2.01. The maximum atomic E-state index is 12.3. The molecule has 0 saturated heterocycles. The molecule has 4 heteroatoms. The molecule has 2 aliphatic rings. The van der Waals surface area contributed by atoms with Gasteiger partial charge >= 0.3 is 11.9 Å². The summed E-state index contributed by atoms with van der Waals surface area (Å²) in [5, 5.41) is 0. The second-order valence-electron chi connectivity index (χ2n) is 4.91. The largest absolute Gasteiger partial charge is 0.469 e. The van der Waals surface area contributed by atoms with Gasteiger partial charge in [-0.1, -0.05) is 24.3 Å². The van der Waals surface area contributed by atoms with Crippen LogP contribution in [0.5, 0.6) is 0 Å². The highest BCUT2D eigenvalue weighted by Gasteiger charge is 2.62. The van der Waals surface area contributed by atoms with Gasteiger partial charge in [-0.2, -0.15) is 0 Å². The third-order valence-electron chi connectivity index (χ3n) is 4.27. The summed E-state index contributed by atoms with van der Waals surface area (Å²) in [6, 6.07) is 0. The normalized spacial score (nSPS) is 33.7. The van der Waals surface area contributed by atoms with E-state index in [1.165, 1.54) is 14.2 Å². The number of allylic oxidation sites excluding steroid dienone is 4. The first-order valence-electron chi connectivity index (χ1n) is 6.10. The van der Waals surface area contributed by atoms with Crippen LogP contribution in [0.3, 0.4) is 0 Å². The molecule has 0 bridgehead atoms. The van der Waals surface area contributed by atoms with Gasteiger partial charge in [0.05, 0.1) is 25.0 Å². The van der Waals surface area contributed by atoms with Gasteiger partial charge in [0.15, 0.2) is 0 Å². The van der Waals surface area contributed by atoms with E-state index in [4.69, 9.17) is 9.47 Å². The molecule has 0 aromatic carbocycles. The van der Waals surface area contributed by atoms with Gasteiger partial charge in [0.2, 0.25) is 0 Å². The summed E-state index contributed by atoms with van der Waals surface area (Å²) in [6.07, 6.45) is 9.93. The highest BCUT2D eigenvalue weighted by atomic mass is 16.5. The zero-order valence-corrected chi connectivity index (χ0v) is 10.8. The number of carbonyl (C=O) groups is 2. The van der Waals surface area contributed by atoms with E-state index < -0.39 is 10.8 Å². The molecule has 4 nitrogen and oxygen atoms in total. The van der Waals surface area contributed by atoms with E-state index >= 15 is 0 Å². The first-order chi connectivity index (χ1) is 8.63. The van der Waals surface area contributed by atoms with Crippen LogP contribution in [0.4, 0.5) is 0 Å². The number of carbonyl (C=O) groups excluding carboxylic acids is 2. The van der Waals surface area contributed by atoms with Crippen LogP contribution in [0.1, 0.15) is 25.7 Å². The number of fused-ring (bicyclic) bond motifs is 1. The van der Waals surface area contributed by atoms with Crippen molar-refractivity contribution in [1.29, 1.82) is 0 Å². The first-order valence-corrected chi connectivity index (χ1v) is 6.10. The predicted molar refractivity (Wildman–Crippen MR) is 65.6 cm³/mol. The Morgan fingerprint density at radius 3 is 1.28 bits per heavy atom. The molecular weight excluding hydrogens is 232 g/mol. The van der Waals surface area contributed by atoms with Gasteiger partial charge in [-0.25, -0.2) is 0 Å². The van der Waals surface area contributed by atoms with E-state index in [1.54, 1.807) is 0 Å². The fourth-order valence-corrected chi connectivity index (χ4v) is 3.20. The average molecular weight is 250 g/mol. The van der Waals surface area contributed by atoms with Crippen LogP contribution in [-0.2, 0) is 19.1 Å². The van der Waals surface area contributed by atoms with Crippen LogP contribution in [0.15, 0.2) is 24.3 Å². The summed E-state index contributed by atoms with van der Waals surface area (Å²) in [6.45, 7) is 0. The smallest absolute Gasteiger partial charge is 0.313 e. The molecule has 0 amide bonds. The van der Waals surface area contributed by atoms with Gasteiger partial charge < -0.3 is 9.47 Å². The van der Waals surface area contributed by atoms with Crippen molar-refractivity contribution in [2.45, 2.75) is 25.7 Å². The second-order valence-corrected chi connectivity index (χ2v) is 4.91.